The summed E-state index contributed by atoms with van der Waals surface area (Å²) in [5.41, 5.74) is -2.92. The van der Waals surface area contributed by atoms with E-state index in [1.807, 2.05) is 0 Å². The summed E-state index contributed by atoms with van der Waals surface area (Å²) in [6.07, 6.45) is -8.48. The lowest BCUT2D eigenvalue weighted by atomic mass is 9.86. The summed E-state index contributed by atoms with van der Waals surface area (Å²) in [4.78, 5) is 37.8. The van der Waals surface area contributed by atoms with Gasteiger partial charge in [-0.1, -0.05) is 12.1 Å². The predicted molar refractivity (Wildman–Crippen MR) is 131 cm³/mol. The van der Waals surface area contributed by atoms with Gasteiger partial charge in [-0.2, -0.15) is 0 Å². The number of aromatic hydroxyl groups is 1. The van der Waals surface area contributed by atoms with Crippen molar-refractivity contribution < 1.29 is 70.9 Å². The van der Waals surface area contributed by atoms with Crippen LogP contribution in [0.2, 0.25) is 0 Å². The molecule has 0 aliphatic carbocycles. The first-order chi connectivity index (χ1) is 20.4. The van der Waals surface area contributed by atoms with Crippen molar-refractivity contribution in [2.45, 2.75) is 30.5 Å². The molecule has 0 unspecified atom stereocenters. The minimum Gasteiger partial charge on any atom is -0.504 e. The predicted octanol–water partition coefficient (Wildman–Crippen LogP) is 2.73. The molecule has 0 aromatic heterocycles. The Bertz CT molecular complexity index is 1590. The van der Waals surface area contributed by atoms with Gasteiger partial charge >= 0.3 is 17.9 Å². The minimum absolute atomic E-state index is 0.364. The molecule has 11 nitrogen and oxygen atoms in total. The van der Waals surface area contributed by atoms with Gasteiger partial charge in [0.1, 0.15) is 65.4 Å². The van der Waals surface area contributed by atoms with Gasteiger partial charge in [-0.25, -0.2) is 31.9 Å². The first kappa shape index (κ1) is 29.8. The zero-order valence-corrected chi connectivity index (χ0v) is 21.8. The number of hydrogen-bond acceptors (Lipinski definition) is 11. The van der Waals surface area contributed by atoms with E-state index in [1.54, 1.807) is 0 Å². The molecule has 2 heterocycles. The average molecular weight is 608 g/mol. The van der Waals surface area contributed by atoms with E-state index in [-0.39, 0.29) is 5.56 Å². The number of ether oxygens (including phenoxy) is 5. The number of esters is 3. The molecule has 5 atom stereocenters. The summed E-state index contributed by atoms with van der Waals surface area (Å²) in [5.74, 6) is -11.2. The van der Waals surface area contributed by atoms with E-state index in [4.69, 9.17) is 23.7 Å². The van der Waals surface area contributed by atoms with Crippen LogP contribution in [0.1, 0.15) is 42.7 Å². The van der Waals surface area contributed by atoms with Crippen LogP contribution >= 0.6 is 0 Å². The highest BCUT2D eigenvalue weighted by molar-refractivity contribution is 5.96. The van der Waals surface area contributed by atoms with Gasteiger partial charge in [0.2, 0.25) is 5.75 Å². The average Bonchev–Trinajstić information content (AvgIpc) is 2.95. The normalized spacial score (nSPS) is 22.6. The number of halogens is 4. The summed E-state index contributed by atoms with van der Waals surface area (Å²) in [6.45, 7) is -0.848. The molecule has 3 aromatic rings. The number of carbonyl (C=O) groups is 3. The third-order valence-electron chi connectivity index (χ3n) is 6.81. The van der Waals surface area contributed by atoms with Crippen molar-refractivity contribution in [3.05, 3.63) is 88.0 Å². The molecule has 3 N–H and O–H groups in total. The number of phenols is 1. The fourth-order valence-electron chi connectivity index (χ4n) is 4.77. The van der Waals surface area contributed by atoms with Crippen LogP contribution in [0.15, 0.2) is 42.5 Å². The highest BCUT2D eigenvalue weighted by atomic mass is 19.1. The Kier molecular flexibility index (Phi) is 7.96. The van der Waals surface area contributed by atoms with Gasteiger partial charge in [0.05, 0.1) is 12.7 Å². The van der Waals surface area contributed by atoms with Crippen LogP contribution in [0, 0.1) is 23.3 Å². The summed E-state index contributed by atoms with van der Waals surface area (Å²) in [7, 11) is 1.03. The second-order valence-corrected chi connectivity index (χ2v) is 9.35. The van der Waals surface area contributed by atoms with Crippen LogP contribution in [-0.4, -0.2) is 71.4 Å². The Morgan fingerprint density at radius 2 is 1.47 bits per heavy atom. The lowest BCUT2D eigenvalue weighted by molar-refractivity contribution is -0.235. The van der Waals surface area contributed by atoms with E-state index in [0.29, 0.717) is 0 Å². The maximum Gasteiger partial charge on any atom is 0.349 e. The lowest BCUT2D eigenvalue weighted by Gasteiger charge is -2.44. The number of phenolic OH excluding ortho intramolecular Hbond substituents is 1. The number of hydrogen-bond donors (Lipinski definition) is 3. The molecule has 3 aromatic carbocycles. The SMILES string of the molecule is COc1c(OC(=O)c2c(F)cccc2F)cc2c(c1O)[C@@H]1O[C@H](COC(=O)c3c(F)cccc3F)[C@@H](O)[C@H](O)[C@H]1OC2=O. The van der Waals surface area contributed by atoms with Gasteiger partial charge in [-0.3, -0.25) is 0 Å². The standard InChI is InChI=1S/C28H20F4O11/c1-39-23-15(42-28(38)19-13(31)6-3-7-14(19)32)8-10-17(21(23)34)24-25(43-26(10)36)22(35)20(33)16(41-24)9-40-27(37)18-11(29)4-2-5-12(18)30/h2-8,16,20,22,24-25,33-35H,9H2,1H3/t16-,20-,22+,24+,25-/m1/s1. The molecule has 0 spiro atoms. The monoisotopic (exact) mass is 608 g/mol. The second-order valence-electron chi connectivity index (χ2n) is 9.35. The smallest absolute Gasteiger partial charge is 0.349 e. The van der Waals surface area contributed by atoms with Crippen molar-refractivity contribution in [1.29, 1.82) is 0 Å². The van der Waals surface area contributed by atoms with Crippen molar-refractivity contribution >= 4 is 17.9 Å². The van der Waals surface area contributed by atoms with E-state index in [9.17, 15) is 47.3 Å². The van der Waals surface area contributed by atoms with E-state index in [0.717, 1.165) is 49.6 Å². The first-order valence-corrected chi connectivity index (χ1v) is 12.4. The number of benzene rings is 3. The molecule has 0 radical (unpaired) electrons. The van der Waals surface area contributed by atoms with Gasteiger partial charge in [0.15, 0.2) is 17.6 Å². The second kappa shape index (κ2) is 11.5. The number of aliphatic hydroxyl groups is 2. The molecule has 15 heteroatoms. The van der Waals surface area contributed by atoms with Crippen molar-refractivity contribution in [3.8, 4) is 17.2 Å². The summed E-state index contributed by atoms with van der Waals surface area (Å²) >= 11 is 0. The first-order valence-electron chi connectivity index (χ1n) is 12.4. The quantitative estimate of drug-likeness (QED) is 0.215. The Balaban J connectivity index is 1.45. The van der Waals surface area contributed by atoms with Crippen molar-refractivity contribution in [2.24, 2.45) is 0 Å². The Hall–Kier alpha value is -4.73. The molecule has 0 amide bonds. The van der Waals surface area contributed by atoms with E-state index in [1.165, 1.54) is 0 Å². The fraction of sp³-hybridized carbons (Fsp3) is 0.250. The maximum absolute atomic E-state index is 14.1. The molecule has 43 heavy (non-hydrogen) atoms. The van der Waals surface area contributed by atoms with Crippen molar-refractivity contribution in [3.63, 3.8) is 0 Å². The fourth-order valence-corrected chi connectivity index (χ4v) is 4.77. The number of methoxy groups -OCH3 is 1. The van der Waals surface area contributed by atoms with Crippen LogP contribution < -0.4 is 9.47 Å². The molecule has 1 fully saturated rings. The van der Waals surface area contributed by atoms with Crippen molar-refractivity contribution in [2.75, 3.05) is 13.7 Å². The Morgan fingerprint density at radius 1 is 0.907 bits per heavy atom. The lowest BCUT2D eigenvalue weighted by Crippen LogP contribution is -2.58. The molecule has 1 saturated heterocycles. The molecule has 2 aliphatic heterocycles. The van der Waals surface area contributed by atoms with E-state index >= 15 is 0 Å². The molecule has 0 bridgehead atoms. The summed E-state index contributed by atoms with van der Waals surface area (Å²) < 4.78 is 82.1. The largest absolute Gasteiger partial charge is 0.504 e. The molecule has 0 saturated carbocycles. The maximum atomic E-state index is 14.1. The molecular weight excluding hydrogens is 588 g/mol. The third kappa shape index (κ3) is 5.22. The number of carbonyl (C=O) groups excluding carboxylic acids is 3. The number of fused-ring (bicyclic) bond motifs is 3. The third-order valence-corrected chi connectivity index (χ3v) is 6.81. The van der Waals surface area contributed by atoms with Crippen LogP contribution in [-0.2, 0) is 14.2 Å². The molecule has 226 valence electrons. The highest BCUT2D eigenvalue weighted by Gasteiger charge is 2.52. The van der Waals surface area contributed by atoms with E-state index in [2.05, 4.69) is 0 Å². The van der Waals surface area contributed by atoms with Gasteiger partial charge in [-0.05, 0) is 30.3 Å². The molecule has 5 rings (SSSR count). The zero-order valence-electron chi connectivity index (χ0n) is 21.8. The number of aliphatic hydroxyl groups excluding tert-OH is 2. The van der Waals surface area contributed by atoms with Crippen LogP contribution in [0.25, 0.3) is 0 Å². The zero-order chi connectivity index (χ0) is 31.2. The van der Waals surface area contributed by atoms with Crippen molar-refractivity contribution in [1.82, 2.24) is 0 Å². The summed E-state index contributed by atoms with van der Waals surface area (Å²) in [5, 5.41) is 32.3. The van der Waals surface area contributed by atoms with Gasteiger partial charge in [-0.15, -0.1) is 0 Å². The minimum atomic E-state index is -1.88. The van der Waals surface area contributed by atoms with Gasteiger partial charge in [0, 0.05) is 5.56 Å². The van der Waals surface area contributed by atoms with Crippen LogP contribution in [0.3, 0.4) is 0 Å². The topological polar surface area (TPSA) is 158 Å². The Morgan fingerprint density at radius 3 is 2.02 bits per heavy atom. The summed E-state index contributed by atoms with van der Waals surface area (Å²) in [6, 6.07) is 6.16. The van der Waals surface area contributed by atoms with E-state index < -0.39 is 112 Å². The van der Waals surface area contributed by atoms with Gasteiger partial charge in [0.25, 0.3) is 0 Å². The van der Waals surface area contributed by atoms with Crippen LogP contribution in [0.5, 0.6) is 17.2 Å². The number of rotatable bonds is 6. The highest BCUT2D eigenvalue weighted by Crippen LogP contribution is 2.50. The Labute approximate surface area is 238 Å². The van der Waals surface area contributed by atoms with Gasteiger partial charge < -0.3 is 39.0 Å². The molecular formula is C28H20F4O11. The van der Waals surface area contributed by atoms with Crippen LogP contribution in [0.4, 0.5) is 17.6 Å². The molecule has 2 aliphatic rings.